The van der Waals surface area contributed by atoms with Crippen LogP contribution in [0.5, 0.6) is 11.5 Å². The van der Waals surface area contributed by atoms with E-state index in [-0.39, 0.29) is 5.75 Å². The van der Waals surface area contributed by atoms with E-state index in [2.05, 4.69) is 4.98 Å². The smallest absolute Gasteiger partial charge is 0.144 e. The molecular formula is C15H14N2O2. The third-order valence-corrected chi connectivity index (χ3v) is 3.10. The molecule has 0 aliphatic rings. The summed E-state index contributed by atoms with van der Waals surface area (Å²) in [6.45, 7) is 0. The molecule has 0 spiro atoms. The normalized spacial score (nSPS) is 10.8. The summed E-state index contributed by atoms with van der Waals surface area (Å²) in [6, 6.07) is 11.1. The SMILES string of the molecule is COc1cccn2c(Cc3cccc(O)c3)ncc12. The van der Waals surface area contributed by atoms with Crippen LogP contribution < -0.4 is 4.74 Å². The summed E-state index contributed by atoms with van der Waals surface area (Å²) in [7, 11) is 1.65. The van der Waals surface area contributed by atoms with E-state index in [0.29, 0.717) is 6.42 Å². The quantitative estimate of drug-likeness (QED) is 0.781. The maximum absolute atomic E-state index is 9.49. The molecule has 0 aliphatic heterocycles. The Morgan fingerprint density at radius 3 is 2.95 bits per heavy atom. The van der Waals surface area contributed by atoms with Crippen molar-refractivity contribution in [3.63, 3.8) is 0 Å². The largest absolute Gasteiger partial charge is 0.508 e. The first kappa shape index (κ1) is 11.6. The molecule has 1 N–H and O–H groups in total. The highest BCUT2D eigenvalue weighted by atomic mass is 16.5. The van der Waals surface area contributed by atoms with E-state index in [1.54, 1.807) is 25.4 Å². The molecule has 1 aromatic carbocycles. The molecule has 0 unspecified atom stereocenters. The first-order valence-electron chi connectivity index (χ1n) is 6.05. The Labute approximate surface area is 110 Å². The van der Waals surface area contributed by atoms with Crippen LogP contribution in [-0.4, -0.2) is 21.6 Å². The third-order valence-electron chi connectivity index (χ3n) is 3.10. The summed E-state index contributed by atoms with van der Waals surface area (Å²) in [6.07, 6.45) is 4.43. The van der Waals surface area contributed by atoms with E-state index in [1.165, 1.54) is 0 Å². The van der Waals surface area contributed by atoms with E-state index in [9.17, 15) is 5.11 Å². The molecule has 2 heterocycles. The second-order valence-corrected chi connectivity index (χ2v) is 4.35. The Morgan fingerprint density at radius 2 is 2.16 bits per heavy atom. The molecule has 96 valence electrons. The lowest BCUT2D eigenvalue weighted by atomic mass is 10.1. The van der Waals surface area contributed by atoms with Crippen molar-refractivity contribution in [2.45, 2.75) is 6.42 Å². The van der Waals surface area contributed by atoms with Crippen molar-refractivity contribution >= 4 is 5.52 Å². The monoisotopic (exact) mass is 254 g/mol. The number of rotatable bonds is 3. The Bertz CT molecular complexity index is 719. The van der Waals surface area contributed by atoms with Gasteiger partial charge in [-0.15, -0.1) is 0 Å². The van der Waals surface area contributed by atoms with Crippen LogP contribution in [0.4, 0.5) is 0 Å². The molecule has 3 aromatic rings. The predicted molar refractivity (Wildman–Crippen MR) is 72.7 cm³/mol. The van der Waals surface area contributed by atoms with Gasteiger partial charge in [-0.2, -0.15) is 0 Å². The number of fused-ring (bicyclic) bond motifs is 1. The Kier molecular flexibility index (Phi) is 2.83. The predicted octanol–water partition coefficient (Wildman–Crippen LogP) is 2.64. The summed E-state index contributed by atoms with van der Waals surface area (Å²) in [5.74, 6) is 1.99. The van der Waals surface area contributed by atoms with Crippen LogP contribution >= 0.6 is 0 Å². The zero-order chi connectivity index (χ0) is 13.2. The van der Waals surface area contributed by atoms with Crippen molar-refractivity contribution in [1.82, 2.24) is 9.38 Å². The highest BCUT2D eigenvalue weighted by Gasteiger charge is 2.08. The van der Waals surface area contributed by atoms with Gasteiger partial charge in [0.2, 0.25) is 0 Å². The van der Waals surface area contributed by atoms with Gasteiger partial charge < -0.3 is 14.2 Å². The molecule has 2 aromatic heterocycles. The van der Waals surface area contributed by atoms with Crippen LogP contribution in [0.1, 0.15) is 11.4 Å². The fourth-order valence-electron chi connectivity index (χ4n) is 2.20. The van der Waals surface area contributed by atoms with E-state index in [4.69, 9.17) is 4.74 Å². The van der Waals surface area contributed by atoms with Gasteiger partial charge in [0.05, 0.1) is 13.3 Å². The van der Waals surface area contributed by atoms with Crippen molar-refractivity contribution in [3.8, 4) is 11.5 Å². The van der Waals surface area contributed by atoms with Gasteiger partial charge >= 0.3 is 0 Å². The number of hydrogen-bond donors (Lipinski definition) is 1. The number of imidazole rings is 1. The number of pyridine rings is 1. The molecule has 0 bridgehead atoms. The van der Waals surface area contributed by atoms with Crippen LogP contribution in [0.2, 0.25) is 0 Å². The first-order chi connectivity index (χ1) is 9.28. The number of phenols is 1. The summed E-state index contributed by atoms with van der Waals surface area (Å²) in [5, 5.41) is 9.49. The first-order valence-corrected chi connectivity index (χ1v) is 6.05. The molecule has 4 nitrogen and oxygen atoms in total. The maximum Gasteiger partial charge on any atom is 0.144 e. The Hall–Kier alpha value is -2.49. The summed E-state index contributed by atoms with van der Waals surface area (Å²) in [5.41, 5.74) is 1.97. The van der Waals surface area contributed by atoms with Crippen molar-refractivity contribution in [2.24, 2.45) is 0 Å². The molecule has 0 saturated heterocycles. The number of aromatic hydroxyl groups is 1. The molecule has 19 heavy (non-hydrogen) atoms. The molecule has 0 atom stereocenters. The lowest BCUT2D eigenvalue weighted by molar-refractivity contribution is 0.418. The van der Waals surface area contributed by atoms with Gasteiger partial charge in [0.25, 0.3) is 0 Å². The van der Waals surface area contributed by atoms with E-state index in [0.717, 1.165) is 22.7 Å². The zero-order valence-electron chi connectivity index (χ0n) is 10.6. The minimum Gasteiger partial charge on any atom is -0.508 e. The zero-order valence-corrected chi connectivity index (χ0v) is 10.6. The third kappa shape index (κ3) is 2.12. The minimum absolute atomic E-state index is 0.274. The number of methoxy groups -OCH3 is 1. The number of phenolic OH excluding ortho intramolecular Hbond substituents is 1. The lowest BCUT2D eigenvalue weighted by Gasteiger charge is -2.05. The average molecular weight is 254 g/mol. The fourth-order valence-corrected chi connectivity index (χ4v) is 2.20. The highest BCUT2D eigenvalue weighted by molar-refractivity contribution is 5.59. The topological polar surface area (TPSA) is 46.8 Å². The minimum atomic E-state index is 0.274. The van der Waals surface area contributed by atoms with E-state index < -0.39 is 0 Å². The molecule has 0 fully saturated rings. The fraction of sp³-hybridized carbons (Fsp3) is 0.133. The summed E-state index contributed by atoms with van der Waals surface area (Å²) < 4.78 is 7.31. The second kappa shape index (κ2) is 4.65. The molecule has 0 saturated carbocycles. The van der Waals surface area contributed by atoms with Gasteiger partial charge in [0.1, 0.15) is 22.8 Å². The number of nitrogens with zero attached hydrogens (tertiary/aromatic N) is 2. The maximum atomic E-state index is 9.49. The number of benzene rings is 1. The van der Waals surface area contributed by atoms with Crippen molar-refractivity contribution < 1.29 is 9.84 Å². The Morgan fingerprint density at radius 1 is 1.26 bits per heavy atom. The summed E-state index contributed by atoms with van der Waals surface area (Å²) >= 11 is 0. The van der Waals surface area contributed by atoms with E-state index >= 15 is 0 Å². The van der Waals surface area contributed by atoms with Crippen LogP contribution in [0.15, 0.2) is 48.8 Å². The summed E-state index contributed by atoms with van der Waals surface area (Å²) in [4.78, 5) is 4.43. The molecule has 0 aliphatic carbocycles. The van der Waals surface area contributed by atoms with Gasteiger partial charge in [0.15, 0.2) is 0 Å². The van der Waals surface area contributed by atoms with Crippen LogP contribution in [0, 0.1) is 0 Å². The van der Waals surface area contributed by atoms with Crippen molar-refractivity contribution in [2.75, 3.05) is 7.11 Å². The number of aromatic nitrogens is 2. The molecular weight excluding hydrogens is 240 g/mol. The standard InChI is InChI=1S/C15H14N2O2/c1-19-14-6-3-7-17-13(14)10-16-15(17)9-11-4-2-5-12(18)8-11/h2-8,10,18H,9H2,1H3. The molecule has 0 amide bonds. The number of ether oxygens (including phenoxy) is 1. The van der Waals surface area contributed by atoms with Crippen LogP contribution in [0.25, 0.3) is 5.52 Å². The second-order valence-electron chi connectivity index (χ2n) is 4.35. The van der Waals surface area contributed by atoms with Gasteiger partial charge in [-0.3, -0.25) is 0 Å². The average Bonchev–Trinajstić information content (AvgIpc) is 2.82. The van der Waals surface area contributed by atoms with Gasteiger partial charge in [0, 0.05) is 12.6 Å². The molecule has 3 rings (SSSR count). The van der Waals surface area contributed by atoms with Crippen molar-refractivity contribution in [1.29, 1.82) is 0 Å². The van der Waals surface area contributed by atoms with Crippen LogP contribution in [0.3, 0.4) is 0 Å². The highest BCUT2D eigenvalue weighted by Crippen LogP contribution is 2.21. The van der Waals surface area contributed by atoms with E-state index in [1.807, 2.05) is 34.9 Å². The number of hydrogen-bond acceptors (Lipinski definition) is 3. The van der Waals surface area contributed by atoms with Crippen LogP contribution in [-0.2, 0) is 6.42 Å². The van der Waals surface area contributed by atoms with Gasteiger partial charge in [-0.05, 0) is 29.8 Å². The van der Waals surface area contributed by atoms with Gasteiger partial charge in [-0.25, -0.2) is 4.98 Å². The molecule has 4 heteroatoms. The Balaban J connectivity index is 2.02. The lowest BCUT2D eigenvalue weighted by Crippen LogP contribution is -1.97. The van der Waals surface area contributed by atoms with Gasteiger partial charge in [-0.1, -0.05) is 12.1 Å². The van der Waals surface area contributed by atoms with Crippen molar-refractivity contribution in [3.05, 3.63) is 60.2 Å². The molecule has 0 radical (unpaired) electrons.